The first-order valence-corrected chi connectivity index (χ1v) is 6.61. The van der Waals surface area contributed by atoms with Gasteiger partial charge in [0.25, 0.3) is 0 Å². The van der Waals surface area contributed by atoms with E-state index in [0.717, 1.165) is 25.7 Å². The van der Waals surface area contributed by atoms with Crippen LogP contribution in [0.5, 0.6) is 0 Å². The summed E-state index contributed by atoms with van der Waals surface area (Å²) in [5.74, 6) is 0.295. The molecule has 1 aliphatic carbocycles. The fourth-order valence-corrected chi connectivity index (χ4v) is 3.20. The molecular formula is C13H23NO4. The van der Waals surface area contributed by atoms with E-state index in [1.165, 1.54) is 4.90 Å². The van der Waals surface area contributed by atoms with Gasteiger partial charge in [-0.1, -0.05) is 0 Å². The summed E-state index contributed by atoms with van der Waals surface area (Å²) in [5.41, 5.74) is -1.32. The van der Waals surface area contributed by atoms with E-state index in [9.17, 15) is 15.0 Å². The molecule has 1 atom stereocenters. The number of amides is 1. The van der Waals surface area contributed by atoms with Crippen molar-refractivity contribution in [3.8, 4) is 0 Å². The molecule has 2 N–H and O–H groups in total. The maximum atomic E-state index is 11.4. The highest BCUT2D eigenvalue weighted by atomic mass is 16.5. The van der Waals surface area contributed by atoms with E-state index in [2.05, 4.69) is 0 Å². The maximum Gasteiger partial charge on any atom is 0.409 e. The summed E-state index contributed by atoms with van der Waals surface area (Å²) >= 11 is 0. The minimum absolute atomic E-state index is 0.0754. The summed E-state index contributed by atoms with van der Waals surface area (Å²) in [7, 11) is 0. The van der Waals surface area contributed by atoms with Crippen molar-refractivity contribution >= 4 is 6.09 Å². The molecule has 0 aromatic heterocycles. The van der Waals surface area contributed by atoms with Crippen LogP contribution in [0, 0.1) is 5.92 Å². The van der Waals surface area contributed by atoms with Crippen LogP contribution < -0.4 is 0 Å². The molecule has 1 amide bonds. The third-order valence-corrected chi connectivity index (χ3v) is 4.38. The second kappa shape index (κ2) is 4.38. The Balaban J connectivity index is 2.08. The lowest BCUT2D eigenvalue weighted by Gasteiger charge is -2.39. The summed E-state index contributed by atoms with van der Waals surface area (Å²) < 4.78 is 5.61. The minimum atomic E-state index is -0.917. The largest absolute Gasteiger partial charge is 0.465 e. The molecule has 1 unspecified atom stereocenters. The van der Waals surface area contributed by atoms with E-state index in [1.54, 1.807) is 13.8 Å². The molecule has 1 aliphatic heterocycles. The van der Waals surface area contributed by atoms with Gasteiger partial charge in [0.1, 0.15) is 5.72 Å². The molecular weight excluding hydrogens is 234 g/mol. The normalized spacial score (nSPS) is 39.9. The molecule has 2 aliphatic rings. The van der Waals surface area contributed by atoms with Gasteiger partial charge in [0.15, 0.2) is 0 Å². The van der Waals surface area contributed by atoms with Crippen LogP contribution in [0.3, 0.4) is 0 Å². The maximum absolute atomic E-state index is 11.4. The van der Waals surface area contributed by atoms with Crippen LogP contribution in [0.15, 0.2) is 0 Å². The first-order valence-electron chi connectivity index (χ1n) is 6.61. The van der Waals surface area contributed by atoms with Crippen molar-refractivity contribution in [2.24, 2.45) is 5.92 Å². The number of ether oxygens (including phenoxy) is 1. The summed E-state index contributed by atoms with van der Waals surface area (Å²) in [5, 5.41) is 19.3. The van der Waals surface area contributed by atoms with Gasteiger partial charge in [-0.2, -0.15) is 0 Å². The molecule has 5 heteroatoms. The molecule has 1 saturated heterocycles. The highest BCUT2D eigenvalue weighted by Crippen LogP contribution is 2.39. The standard InChI is InChI=1S/C13H23NO4/c1-12(2)14(11(15)16)10(8-18-12)9-4-6-13(3,17)7-5-9/h9-10,17H,4-8H2,1-3H3,(H,15,16). The number of aliphatic hydroxyl groups is 1. The van der Waals surface area contributed by atoms with E-state index >= 15 is 0 Å². The Hall–Kier alpha value is -0.810. The third kappa shape index (κ3) is 2.47. The molecule has 1 heterocycles. The molecule has 0 aromatic carbocycles. The van der Waals surface area contributed by atoms with E-state index in [0.29, 0.717) is 12.5 Å². The van der Waals surface area contributed by atoms with Gasteiger partial charge in [0.2, 0.25) is 0 Å². The average molecular weight is 257 g/mol. The van der Waals surface area contributed by atoms with Gasteiger partial charge in [0, 0.05) is 0 Å². The van der Waals surface area contributed by atoms with Crippen LogP contribution in [0.2, 0.25) is 0 Å². The molecule has 104 valence electrons. The molecule has 0 aromatic rings. The van der Waals surface area contributed by atoms with Crippen LogP contribution in [0.4, 0.5) is 4.79 Å². The zero-order valence-corrected chi connectivity index (χ0v) is 11.3. The van der Waals surface area contributed by atoms with Crippen LogP contribution in [0.1, 0.15) is 46.5 Å². The van der Waals surface area contributed by atoms with E-state index in [1.807, 2.05) is 6.92 Å². The van der Waals surface area contributed by atoms with E-state index in [-0.39, 0.29) is 6.04 Å². The van der Waals surface area contributed by atoms with Crippen LogP contribution in [-0.2, 0) is 4.74 Å². The van der Waals surface area contributed by atoms with Crippen LogP contribution in [0.25, 0.3) is 0 Å². The van der Waals surface area contributed by atoms with Crippen molar-refractivity contribution in [3.05, 3.63) is 0 Å². The first kappa shape index (κ1) is 13.6. The Labute approximate surface area is 108 Å². The quantitative estimate of drug-likeness (QED) is 0.754. The molecule has 2 rings (SSSR count). The minimum Gasteiger partial charge on any atom is -0.465 e. The van der Waals surface area contributed by atoms with Gasteiger partial charge in [0.05, 0.1) is 18.2 Å². The Kier molecular flexibility index (Phi) is 3.32. The number of hydrogen-bond donors (Lipinski definition) is 2. The summed E-state index contributed by atoms with van der Waals surface area (Å²) in [6.45, 7) is 5.90. The fourth-order valence-electron chi connectivity index (χ4n) is 3.20. The van der Waals surface area contributed by atoms with Crippen molar-refractivity contribution in [3.63, 3.8) is 0 Å². The Morgan fingerprint density at radius 3 is 2.33 bits per heavy atom. The summed E-state index contributed by atoms with van der Waals surface area (Å²) in [6.07, 6.45) is 2.28. The van der Waals surface area contributed by atoms with Crippen molar-refractivity contribution in [1.82, 2.24) is 4.90 Å². The number of hydrogen-bond acceptors (Lipinski definition) is 3. The highest BCUT2D eigenvalue weighted by molar-refractivity contribution is 5.66. The van der Waals surface area contributed by atoms with Crippen molar-refractivity contribution < 1.29 is 19.7 Å². The zero-order valence-electron chi connectivity index (χ0n) is 11.3. The topological polar surface area (TPSA) is 70.0 Å². The molecule has 2 fully saturated rings. The average Bonchev–Trinajstić information content (AvgIpc) is 2.54. The predicted octanol–water partition coefficient (Wildman–Crippen LogP) is 2.04. The van der Waals surface area contributed by atoms with Crippen molar-refractivity contribution in [2.45, 2.75) is 63.8 Å². The predicted molar refractivity (Wildman–Crippen MR) is 66.3 cm³/mol. The number of rotatable bonds is 1. The summed E-state index contributed by atoms with van der Waals surface area (Å²) in [4.78, 5) is 12.8. The lowest BCUT2D eigenvalue weighted by Crippen LogP contribution is -2.50. The van der Waals surface area contributed by atoms with Gasteiger partial charge < -0.3 is 14.9 Å². The number of nitrogens with zero attached hydrogens (tertiary/aromatic N) is 1. The second-order valence-electron chi connectivity index (χ2n) is 6.31. The van der Waals surface area contributed by atoms with Gasteiger partial charge in [-0.3, -0.25) is 4.90 Å². The lowest BCUT2D eigenvalue weighted by atomic mass is 9.76. The number of carbonyl (C=O) groups is 1. The monoisotopic (exact) mass is 257 g/mol. The van der Waals surface area contributed by atoms with Crippen LogP contribution >= 0.6 is 0 Å². The Bertz CT molecular complexity index is 330. The Morgan fingerprint density at radius 2 is 1.83 bits per heavy atom. The van der Waals surface area contributed by atoms with Crippen molar-refractivity contribution in [1.29, 1.82) is 0 Å². The zero-order chi connectivity index (χ0) is 13.6. The fraction of sp³-hybridized carbons (Fsp3) is 0.923. The molecule has 5 nitrogen and oxygen atoms in total. The number of carboxylic acid groups (broad SMARTS) is 1. The van der Waals surface area contributed by atoms with Gasteiger partial charge >= 0.3 is 6.09 Å². The smallest absolute Gasteiger partial charge is 0.409 e. The SMILES string of the molecule is CC1(O)CCC(C2COC(C)(C)N2C(=O)O)CC1. The van der Waals surface area contributed by atoms with Crippen LogP contribution in [-0.4, -0.2) is 45.2 Å². The second-order valence-corrected chi connectivity index (χ2v) is 6.31. The Morgan fingerprint density at radius 1 is 1.28 bits per heavy atom. The highest BCUT2D eigenvalue weighted by Gasteiger charge is 2.48. The van der Waals surface area contributed by atoms with E-state index in [4.69, 9.17) is 4.74 Å². The molecule has 18 heavy (non-hydrogen) atoms. The van der Waals surface area contributed by atoms with Gasteiger partial charge in [-0.25, -0.2) is 4.79 Å². The third-order valence-electron chi connectivity index (χ3n) is 4.38. The van der Waals surface area contributed by atoms with Crippen molar-refractivity contribution in [2.75, 3.05) is 6.61 Å². The van der Waals surface area contributed by atoms with Gasteiger partial charge in [-0.05, 0) is 52.4 Å². The molecule has 0 bridgehead atoms. The first-order chi connectivity index (χ1) is 8.23. The van der Waals surface area contributed by atoms with Gasteiger partial charge in [-0.15, -0.1) is 0 Å². The molecule has 1 saturated carbocycles. The van der Waals surface area contributed by atoms with E-state index < -0.39 is 17.4 Å². The summed E-state index contributed by atoms with van der Waals surface area (Å²) in [6, 6.07) is -0.0754. The molecule has 0 spiro atoms. The molecule has 0 radical (unpaired) electrons. The lowest BCUT2D eigenvalue weighted by molar-refractivity contribution is -0.0466.